The van der Waals surface area contributed by atoms with Crippen LogP contribution in [0, 0.1) is 0 Å². The van der Waals surface area contributed by atoms with Crippen LogP contribution in [0.25, 0.3) is 0 Å². The number of nitrogens with one attached hydrogen (secondary N) is 1. The number of unbranched alkanes of at least 4 members (excludes halogenated alkanes) is 35. The maximum atomic E-state index is 12.6. The Kier molecular flexibility index (Phi) is 49.3. The molecule has 4 atom stereocenters. The van der Waals surface area contributed by atoms with E-state index in [1.54, 1.807) is 0 Å². The molecule has 62 heavy (non-hydrogen) atoms. The molecule has 366 valence electrons. The second-order valence-corrected chi connectivity index (χ2v) is 18.9. The maximum Gasteiger partial charge on any atom is 0.249 e. The van der Waals surface area contributed by atoms with Gasteiger partial charge in [0.25, 0.3) is 0 Å². The number of carbonyl (C=O) groups is 1. The highest BCUT2D eigenvalue weighted by Gasteiger charge is 2.28. The van der Waals surface area contributed by atoms with Gasteiger partial charge < -0.3 is 25.7 Å². The number of hydrogen-bond donors (Lipinski definition) is 5. The number of rotatable bonds is 50. The fraction of sp³-hybridized carbons (Fsp3) is 0.875. The average molecular weight is 874 g/mol. The van der Waals surface area contributed by atoms with E-state index < -0.39 is 36.9 Å². The Bertz CT molecular complexity index is 981. The van der Waals surface area contributed by atoms with Gasteiger partial charge in [-0.1, -0.05) is 256 Å². The zero-order valence-corrected chi connectivity index (χ0v) is 41.4. The zero-order valence-electron chi connectivity index (χ0n) is 41.4. The van der Waals surface area contributed by atoms with Crippen molar-refractivity contribution in [2.24, 2.45) is 0 Å². The van der Waals surface area contributed by atoms with Crippen molar-refractivity contribution < 1.29 is 25.2 Å². The number of amides is 1. The number of hydrogen-bond acceptors (Lipinski definition) is 5. The van der Waals surface area contributed by atoms with E-state index in [1.807, 2.05) is 0 Å². The molecule has 0 saturated carbocycles. The van der Waals surface area contributed by atoms with Crippen molar-refractivity contribution in [1.82, 2.24) is 5.32 Å². The molecule has 0 radical (unpaired) electrons. The Morgan fingerprint density at radius 1 is 0.387 bits per heavy atom. The predicted molar refractivity (Wildman–Crippen MR) is 270 cm³/mol. The zero-order chi connectivity index (χ0) is 45.2. The molecule has 0 aromatic carbocycles. The van der Waals surface area contributed by atoms with Crippen LogP contribution in [-0.2, 0) is 4.79 Å². The molecule has 0 aliphatic rings. The third kappa shape index (κ3) is 43.8. The minimum absolute atomic E-state index is 0.362. The second-order valence-electron chi connectivity index (χ2n) is 18.9. The van der Waals surface area contributed by atoms with Crippen LogP contribution < -0.4 is 5.32 Å². The van der Waals surface area contributed by atoms with E-state index in [1.165, 1.54) is 199 Å². The Hall–Kier alpha value is -1.47. The van der Waals surface area contributed by atoms with E-state index in [4.69, 9.17) is 0 Å². The van der Waals surface area contributed by atoms with Crippen molar-refractivity contribution in [1.29, 1.82) is 0 Å². The Morgan fingerprint density at radius 3 is 1.02 bits per heavy atom. The van der Waals surface area contributed by atoms with E-state index in [0.29, 0.717) is 19.3 Å². The van der Waals surface area contributed by atoms with Gasteiger partial charge in [0.15, 0.2) is 0 Å². The van der Waals surface area contributed by atoms with E-state index in [-0.39, 0.29) is 0 Å². The summed E-state index contributed by atoms with van der Waals surface area (Å²) in [6, 6.07) is -1.01. The molecule has 0 saturated heterocycles. The van der Waals surface area contributed by atoms with Crippen molar-refractivity contribution in [3.8, 4) is 0 Å². The monoisotopic (exact) mass is 874 g/mol. The summed E-state index contributed by atoms with van der Waals surface area (Å²) in [6.07, 6.45) is 62.2. The number of carbonyl (C=O) groups excluding carboxylic acids is 1. The highest BCUT2D eigenvalue weighted by Crippen LogP contribution is 2.18. The standard InChI is InChI=1S/C56H107NO5/c1-3-5-7-9-11-13-15-17-19-21-22-23-24-25-26-27-28-29-30-31-32-33-34-36-38-40-42-44-46-48-50-54(60)56(62)57-52(51-58)55(61)53(59)49-47-45-43-41-39-37-35-20-18-16-14-12-10-8-6-4-2/h12,14,20,35,41,43,52-55,58-61H,3-11,13,15-19,21-34,36-40,42,44-51H2,1-2H3,(H,57,62)/b14-12+,35-20+,43-41+. The molecule has 0 bridgehead atoms. The smallest absolute Gasteiger partial charge is 0.249 e. The summed E-state index contributed by atoms with van der Waals surface area (Å²) < 4.78 is 0. The summed E-state index contributed by atoms with van der Waals surface area (Å²) in [5.41, 5.74) is 0. The van der Waals surface area contributed by atoms with Gasteiger partial charge in [-0.3, -0.25) is 4.79 Å². The van der Waals surface area contributed by atoms with Gasteiger partial charge in [0.05, 0.1) is 18.8 Å². The fourth-order valence-electron chi connectivity index (χ4n) is 8.50. The van der Waals surface area contributed by atoms with E-state index in [2.05, 4.69) is 55.6 Å². The Balaban J connectivity index is 3.61. The molecule has 5 N–H and O–H groups in total. The molecular weight excluding hydrogens is 767 g/mol. The van der Waals surface area contributed by atoms with Gasteiger partial charge in [0.2, 0.25) is 5.91 Å². The number of aliphatic hydroxyl groups is 4. The SMILES string of the molecule is CCCCC/C=C/CC/C=C/CC/C=C/CCCC(O)C(O)C(CO)NC(=O)C(O)CCCCCCCCCCCCCCCCCCCCCCCCCCCCCCCC. The van der Waals surface area contributed by atoms with Gasteiger partial charge in [-0.15, -0.1) is 0 Å². The van der Waals surface area contributed by atoms with E-state index in [0.717, 1.165) is 51.4 Å². The van der Waals surface area contributed by atoms with Gasteiger partial charge in [0.1, 0.15) is 12.2 Å². The third-order valence-electron chi connectivity index (χ3n) is 12.8. The van der Waals surface area contributed by atoms with Gasteiger partial charge in [0, 0.05) is 0 Å². The lowest BCUT2D eigenvalue weighted by Gasteiger charge is -2.27. The van der Waals surface area contributed by atoms with Crippen LogP contribution in [0.1, 0.15) is 284 Å². The quantitative estimate of drug-likeness (QED) is 0.0309. The van der Waals surface area contributed by atoms with Gasteiger partial charge in [-0.05, 0) is 64.2 Å². The maximum absolute atomic E-state index is 12.6. The van der Waals surface area contributed by atoms with Crippen LogP contribution in [0.15, 0.2) is 36.5 Å². The first-order chi connectivity index (χ1) is 30.5. The Morgan fingerprint density at radius 2 is 0.677 bits per heavy atom. The molecule has 0 aliphatic heterocycles. The molecule has 0 heterocycles. The van der Waals surface area contributed by atoms with Crippen LogP contribution in [0.4, 0.5) is 0 Å². The molecule has 0 aromatic rings. The van der Waals surface area contributed by atoms with Crippen LogP contribution in [0.3, 0.4) is 0 Å². The molecule has 1 amide bonds. The molecule has 0 aliphatic carbocycles. The van der Waals surface area contributed by atoms with Gasteiger partial charge in [-0.25, -0.2) is 0 Å². The molecule has 4 unspecified atom stereocenters. The highest BCUT2D eigenvalue weighted by atomic mass is 16.3. The topological polar surface area (TPSA) is 110 Å². The van der Waals surface area contributed by atoms with Crippen molar-refractivity contribution in [2.75, 3.05) is 6.61 Å². The van der Waals surface area contributed by atoms with Crippen molar-refractivity contribution in [3.05, 3.63) is 36.5 Å². The first-order valence-electron chi connectivity index (χ1n) is 27.4. The van der Waals surface area contributed by atoms with Gasteiger partial charge >= 0.3 is 0 Å². The fourth-order valence-corrected chi connectivity index (χ4v) is 8.50. The van der Waals surface area contributed by atoms with Crippen molar-refractivity contribution in [3.63, 3.8) is 0 Å². The van der Waals surface area contributed by atoms with Crippen LogP contribution in [-0.4, -0.2) is 57.3 Å². The summed E-state index contributed by atoms with van der Waals surface area (Å²) in [5.74, 6) is -0.596. The van der Waals surface area contributed by atoms with Crippen molar-refractivity contribution in [2.45, 2.75) is 308 Å². The molecule has 0 spiro atoms. The molecule has 0 fully saturated rings. The van der Waals surface area contributed by atoms with Crippen molar-refractivity contribution >= 4 is 5.91 Å². The van der Waals surface area contributed by atoms with Crippen LogP contribution >= 0.6 is 0 Å². The second kappa shape index (κ2) is 50.5. The summed E-state index contributed by atoms with van der Waals surface area (Å²) in [7, 11) is 0. The minimum atomic E-state index is -1.29. The predicted octanol–water partition coefficient (Wildman–Crippen LogP) is 15.6. The van der Waals surface area contributed by atoms with Crippen LogP contribution in [0.2, 0.25) is 0 Å². The first-order valence-corrected chi connectivity index (χ1v) is 27.4. The molecule has 6 nitrogen and oxygen atoms in total. The Labute approximate surface area is 386 Å². The lowest BCUT2D eigenvalue weighted by atomic mass is 10.00. The number of aliphatic hydroxyl groups excluding tert-OH is 4. The summed E-state index contributed by atoms with van der Waals surface area (Å²) >= 11 is 0. The lowest BCUT2D eigenvalue weighted by Crippen LogP contribution is -2.53. The summed E-state index contributed by atoms with van der Waals surface area (Å²) in [6.45, 7) is 4.03. The van der Waals surface area contributed by atoms with E-state index in [9.17, 15) is 25.2 Å². The molecule has 0 rings (SSSR count). The lowest BCUT2D eigenvalue weighted by molar-refractivity contribution is -0.132. The summed E-state index contributed by atoms with van der Waals surface area (Å²) in [5, 5.41) is 43.8. The third-order valence-corrected chi connectivity index (χ3v) is 12.8. The normalized spacial score (nSPS) is 14.1. The van der Waals surface area contributed by atoms with Gasteiger partial charge in [-0.2, -0.15) is 0 Å². The highest BCUT2D eigenvalue weighted by molar-refractivity contribution is 5.80. The first kappa shape index (κ1) is 60.5. The largest absolute Gasteiger partial charge is 0.394 e. The summed E-state index contributed by atoms with van der Waals surface area (Å²) in [4.78, 5) is 12.6. The molecule has 0 aromatic heterocycles. The average Bonchev–Trinajstić information content (AvgIpc) is 3.28. The minimum Gasteiger partial charge on any atom is -0.394 e. The van der Waals surface area contributed by atoms with Crippen LogP contribution in [0.5, 0.6) is 0 Å². The van der Waals surface area contributed by atoms with E-state index >= 15 is 0 Å². The number of allylic oxidation sites excluding steroid dienone is 6. The molecule has 6 heteroatoms. The molecular formula is C56H107NO5.